The molecule has 2 aromatic carbocycles. The second kappa shape index (κ2) is 6.19. The summed E-state index contributed by atoms with van der Waals surface area (Å²) in [5.74, 6) is 0.905. The Balaban J connectivity index is 1.59. The van der Waals surface area contributed by atoms with E-state index in [0.29, 0.717) is 6.61 Å². The van der Waals surface area contributed by atoms with Crippen LogP contribution < -0.4 is 9.64 Å². The first-order chi connectivity index (χ1) is 9.81. The van der Waals surface area contributed by atoms with Gasteiger partial charge in [-0.25, -0.2) is 0 Å². The van der Waals surface area contributed by atoms with Crippen molar-refractivity contribution in [2.24, 2.45) is 0 Å². The minimum Gasteiger partial charge on any atom is -0.489 e. The largest absolute Gasteiger partial charge is 0.489 e. The molecule has 2 aromatic rings. The fourth-order valence-corrected chi connectivity index (χ4v) is 2.60. The van der Waals surface area contributed by atoms with Crippen molar-refractivity contribution in [3.8, 4) is 5.75 Å². The van der Waals surface area contributed by atoms with Crippen molar-refractivity contribution in [2.45, 2.75) is 19.4 Å². The van der Waals surface area contributed by atoms with Gasteiger partial charge in [-0.2, -0.15) is 0 Å². The smallest absolute Gasteiger partial charge is 0.119 e. The third kappa shape index (κ3) is 3.26. The Bertz CT molecular complexity index is 544. The van der Waals surface area contributed by atoms with Gasteiger partial charge in [-0.05, 0) is 54.8 Å². The molecule has 1 fully saturated rings. The van der Waals surface area contributed by atoms with E-state index < -0.39 is 0 Å². The van der Waals surface area contributed by atoms with Crippen molar-refractivity contribution in [3.63, 3.8) is 0 Å². The topological polar surface area (TPSA) is 12.5 Å². The molecule has 104 valence electrons. The quantitative estimate of drug-likeness (QED) is 0.820. The first-order valence-electron chi connectivity index (χ1n) is 7.03. The fourth-order valence-electron chi connectivity index (χ4n) is 2.48. The minimum atomic E-state index is 0.570. The van der Waals surface area contributed by atoms with E-state index in [1.807, 2.05) is 36.4 Å². The van der Waals surface area contributed by atoms with Crippen LogP contribution in [0.15, 0.2) is 48.5 Å². The van der Waals surface area contributed by atoms with Crippen LogP contribution in [0, 0.1) is 0 Å². The predicted octanol–water partition coefficient (Wildman–Crippen LogP) is 4.52. The maximum absolute atomic E-state index is 5.86. The van der Waals surface area contributed by atoms with Crippen molar-refractivity contribution in [1.82, 2.24) is 0 Å². The first kappa shape index (κ1) is 13.3. The molecule has 20 heavy (non-hydrogen) atoms. The van der Waals surface area contributed by atoms with Gasteiger partial charge in [-0.15, -0.1) is 0 Å². The van der Waals surface area contributed by atoms with Crippen molar-refractivity contribution < 1.29 is 4.74 Å². The Hall–Kier alpha value is -1.67. The summed E-state index contributed by atoms with van der Waals surface area (Å²) in [6, 6.07) is 16.1. The van der Waals surface area contributed by atoms with Crippen LogP contribution >= 0.6 is 11.6 Å². The zero-order valence-electron chi connectivity index (χ0n) is 11.4. The molecule has 3 heteroatoms. The van der Waals surface area contributed by atoms with Crippen LogP contribution in [0.3, 0.4) is 0 Å². The number of anilines is 1. The Labute approximate surface area is 124 Å². The molecule has 3 rings (SSSR count). The molecule has 0 amide bonds. The van der Waals surface area contributed by atoms with Gasteiger partial charge in [0.15, 0.2) is 0 Å². The molecule has 0 bridgehead atoms. The van der Waals surface area contributed by atoms with Gasteiger partial charge >= 0.3 is 0 Å². The molecule has 1 heterocycles. The van der Waals surface area contributed by atoms with Gasteiger partial charge in [0.1, 0.15) is 12.4 Å². The van der Waals surface area contributed by atoms with Crippen LogP contribution in [0.25, 0.3) is 0 Å². The van der Waals surface area contributed by atoms with Crippen LogP contribution in [0.2, 0.25) is 5.02 Å². The number of hydrogen-bond acceptors (Lipinski definition) is 2. The lowest BCUT2D eigenvalue weighted by Crippen LogP contribution is -2.17. The van der Waals surface area contributed by atoms with E-state index >= 15 is 0 Å². The second-order valence-electron chi connectivity index (χ2n) is 5.10. The molecule has 0 atom stereocenters. The van der Waals surface area contributed by atoms with Crippen molar-refractivity contribution in [3.05, 3.63) is 59.1 Å². The van der Waals surface area contributed by atoms with Crippen molar-refractivity contribution >= 4 is 17.3 Å². The second-order valence-corrected chi connectivity index (χ2v) is 5.54. The molecule has 0 saturated carbocycles. The summed E-state index contributed by atoms with van der Waals surface area (Å²) < 4.78 is 5.79. The zero-order valence-corrected chi connectivity index (χ0v) is 12.1. The Morgan fingerprint density at radius 2 is 1.55 bits per heavy atom. The highest BCUT2D eigenvalue weighted by molar-refractivity contribution is 6.30. The predicted molar refractivity (Wildman–Crippen MR) is 83.7 cm³/mol. The maximum Gasteiger partial charge on any atom is 0.119 e. The Kier molecular flexibility index (Phi) is 4.12. The molecular formula is C17H18ClNO. The standard InChI is InChI=1S/C17H18ClNO/c18-15-5-3-14(4-6-15)13-20-17-9-7-16(8-10-17)19-11-1-2-12-19/h3-10H,1-2,11-13H2. The van der Waals surface area contributed by atoms with Gasteiger partial charge in [0, 0.05) is 23.8 Å². The van der Waals surface area contributed by atoms with Crippen LogP contribution in [-0.2, 0) is 6.61 Å². The van der Waals surface area contributed by atoms with Gasteiger partial charge in [-0.1, -0.05) is 23.7 Å². The molecule has 1 aliphatic rings. The van der Waals surface area contributed by atoms with E-state index in [1.54, 1.807) is 0 Å². The number of halogens is 1. The molecular weight excluding hydrogens is 270 g/mol. The minimum absolute atomic E-state index is 0.570. The monoisotopic (exact) mass is 287 g/mol. The third-order valence-corrected chi connectivity index (χ3v) is 3.88. The normalized spacial score (nSPS) is 14.6. The number of hydrogen-bond donors (Lipinski definition) is 0. The van der Waals surface area contributed by atoms with E-state index in [1.165, 1.54) is 31.6 Å². The average Bonchev–Trinajstić information content (AvgIpc) is 3.01. The Morgan fingerprint density at radius 3 is 2.20 bits per heavy atom. The summed E-state index contributed by atoms with van der Waals surface area (Å²) in [6.45, 7) is 2.91. The molecule has 1 aliphatic heterocycles. The highest BCUT2D eigenvalue weighted by Gasteiger charge is 2.11. The van der Waals surface area contributed by atoms with E-state index in [-0.39, 0.29) is 0 Å². The van der Waals surface area contributed by atoms with Crippen LogP contribution in [0.4, 0.5) is 5.69 Å². The lowest BCUT2D eigenvalue weighted by atomic mass is 10.2. The van der Waals surface area contributed by atoms with Gasteiger partial charge in [0.2, 0.25) is 0 Å². The summed E-state index contributed by atoms with van der Waals surface area (Å²) in [4.78, 5) is 2.42. The van der Waals surface area contributed by atoms with Crippen LogP contribution in [0.5, 0.6) is 5.75 Å². The molecule has 0 N–H and O–H groups in total. The first-order valence-corrected chi connectivity index (χ1v) is 7.41. The maximum atomic E-state index is 5.86. The highest BCUT2D eigenvalue weighted by atomic mass is 35.5. The van der Waals surface area contributed by atoms with Gasteiger partial charge in [0.05, 0.1) is 0 Å². The number of rotatable bonds is 4. The molecule has 0 spiro atoms. The lowest BCUT2D eigenvalue weighted by molar-refractivity contribution is 0.306. The lowest BCUT2D eigenvalue weighted by Gasteiger charge is -2.17. The van der Waals surface area contributed by atoms with E-state index in [4.69, 9.17) is 16.3 Å². The van der Waals surface area contributed by atoms with E-state index in [0.717, 1.165) is 16.3 Å². The SMILES string of the molecule is Clc1ccc(COc2ccc(N3CCCC3)cc2)cc1. The fraction of sp³-hybridized carbons (Fsp3) is 0.294. The number of benzene rings is 2. The van der Waals surface area contributed by atoms with E-state index in [9.17, 15) is 0 Å². The third-order valence-electron chi connectivity index (χ3n) is 3.63. The summed E-state index contributed by atoms with van der Waals surface area (Å²) in [5.41, 5.74) is 2.42. The summed E-state index contributed by atoms with van der Waals surface area (Å²) >= 11 is 5.86. The summed E-state index contributed by atoms with van der Waals surface area (Å²) in [5, 5.41) is 0.753. The van der Waals surface area contributed by atoms with Crippen molar-refractivity contribution in [1.29, 1.82) is 0 Å². The Morgan fingerprint density at radius 1 is 0.900 bits per heavy atom. The highest BCUT2D eigenvalue weighted by Crippen LogP contribution is 2.23. The molecule has 0 aromatic heterocycles. The summed E-state index contributed by atoms with van der Waals surface area (Å²) in [6.07, 6.45) is 2.60. The molecule has 1 saturated heterocycles. The summed E-state index contributed by atoms with van der Waals surface area (Å²) in [7, 11) is 0. The number of nitrogens with zero attached hydrogens (tertiary/aromatic N) is 1. The molecule has 2 nitrogen and oxygen atoms in total. The van der Waals surface area contributed by atoms with Gasteiger partial charge in [-0.3, -0.25) is 0 Å². The van der Waals surface area contributed by atoms with E-state index in [2.05, 4.69) is 17.0 Å². The molecule has 0 unspecified atom stereocenters. The average molecular weight is 288 g/mol. The van der Waals surface area contributed by atoms with Crippen molar-refractivity contribution in [2.75, 3.05) is 18.0 Å². The zero-order chi connectivity index (χ0) is 13.8. The van der Waals surface area contributed by atoms with Gasteiger partial charge < -0.3 is 9.64 Å². The van der Waals surface area contributed by atoms with Crippen LogP contribution in [-0.4, -0.2) is 13.1 Å². The van der Waals surface area contributed by atoms with Gasteiger partial charge in [0.25, 0.3) is 0 Å². The number of ether oxygens (including phenoxy) is 1. The molecule has 0 radical (unpaired) electrons. The molecule has 0 aliphatic carbocycles. The van der Waals surface area contributed by atoms with Crippen LogP contribution in [0.1, 0.15) is 18.4 Å².